The van der Waals surface area contributed by atoms with Gasteiger partial charge in [0, 0.05) is 16.7 Å². The van der Waals surface area contributed by atoms with Crippen LogP contribution in [-0.2, 0) is 0 Å². The average Bonchev–Trinajstić information content (AvgIpc) is 2.83. The molecule has 0 aliphatic carbocycles. The van der Waals surface area contributed by atoms with Crippen LogP contribution in [0.25, 0.3) is 11.1 Å². The van der Waals surface area contributed by atoms with Crippen molar-refractivity contribution in [3.63, 3.8) is 0 Å². The van der Waals surface area contributed by atoms with Crippen molar-refractivity contribution in [3.05, 3.63) is 119 Å². The minimum Gasteiger partial charge on any atom is -0.504 e. The summed E-state index contributed by atoms with van der Waals surface area (Å²) in [5.41, 5.74) is 4.54. The van der Waals surface area contributed by atoms with Crippen molar-refractivity contribution in [2.24, 2.45) is 0 Å². The van der Waals surface area contributed by atoms with Crippen molar-refractivity contribution in [3.8, 4) is 23.0 Å². The highest BCUT2D eigenvalue weighted by molar-refractivity contribution is 6.07. The molecule has 4 aromatic carbocycles. The molecule has 0 radical (unpaired) electrons. The van der Waals surface area contributed by atoms with Crippen LogP contribution in [0.1, 0.15) is 27.8 Å². The minimum absolute atomic E-state index is 0.252. The van der Waals surface area contributed by atoms with E-state index < -0.39 is 23.0 Å². The maximum absolute atomic E-state index is 10.9. The van der Waals surface area contributed by atoms with E-state index in [9.17, 15) is 20.4 Å². The Kier molecular flexibility index (Phi) is 5.37. The smallest absolute Gasteiger partial charge is 0.204 e. The number of hydrogen-bond donors (Lipinski definition) is 4. The second-order valence-corrected chi connectivity index (χ2v) is 7.24. The fraction of sp³-hybridized carbons (Fsp3) is 0.0370. The first-order valence-electron chi connectivity index (χ1n) is 9.88. The van der Waals surface area contributed by atoms with Crippen molar-refractivity contribution < 1.29 is 20.4 Å². The molecule has 4 nitrogen and oxygen atoms in total. The summed E-state index contributed by atoms with van der Waals surface area (Å²) >= 11 is 0. The molecule has 0 aliphatic rings. The highest BCUT2D eigenvalue weighted by Crippen LogP contribution is 2.52. The summed E-state index contributed by atoms with van der Waals surface area (Å²) in [6.07, 6.45) is 0. The van der Waals surface area contributed by atoms with Gasteiger partial charge in [-0.3, -0.25) is 0 Å². The van der Waals surface area contributed by atoms with E-state index >= 15 is 0 Å². The summed E-state index contributed by atoms with van der Waals surface area (Å²) in [5.74, 6) is -2.46. The first-order chi connectivity index (χ1) is 15.0. The second-order valence-electron chi connectivity index (χ2n) is 7.24. The zero-order chi connectivity index (χ0) is 22.0. The van der Waals surface area contributed by atoms with Crippen LogP contribution in [0.3, 0.4) is 0 Å². The fourth-order valence-corrected chi connectivity index (χ4v) is 3.81. The summed E-state index contributed by atoms with van der Waals surface area (Å²) < 4.78 is 0. The molecule has 0 spiro atoms. The van der Waals surface area contributed by atoms with Crippen LogP contribution >= 0.6 is 0 Å². The molecule has 0 bridgehead atoms. The minimum atomic E-state index is -0.757. The van der Waals surface area contributed by atoms with Crippen molar-refractivity contribution in [1.82, 2.24) is 0 Å². The summed E-state index contributed by atoms with van der Waals surface area (Å²) in [4.78, 5) is 0. The lowest BCUT2D eigenvalue weighted by molar-refractivity contribution is 0.343. The van der Waals surface area contributed by atoms with Crippen molar-refractivity contribution in [2.45, 2.75) is 6.92 Å². The van der Waals surface area contributed by atoms with Gasteiger partial charge in [-0.1, -0.05) is 91.0 Å². The maximum atomic E-state index is 10.9. The fourth-order valence-electron chi connectivity index (χ4n) is 3.81. The van der Waals surface area contributed by atoms with Crippen LogP contribution in [0.2, 0.25) is 0 Å². The lowest BCUT2D eigenvalue weighted by Crippen LogP contribution is -2.00. The van der Waals surface area contributed by atoms with Crippen LogP contribution in [0.15, 0.2) is 91.0 Å². The molecule has 31 heavy (non-hydrogen) atoms. The molecule has 0 saturated carbocycles. The Morgan fingerprint density at radius 3 is 1.23 bits per heavy atom. The van der Waals surface area contributed by atoms with Crippen molar-refractivity contribution in [2.75, 3.05) is 0 Å². The predicted octanol–water partition coefficient (Wildman–Crippen LogP) is 5.82. The first-order valence-corrected chi connectivity index (χ1v) is 9.88. The van der Waals surface area contributed by atoms with Gasteiger partial charge in [-0.15, -0.1) is 0 Å². The molecule has 4 N–H and O–H groups in total. The first kappa shape index (κ1) is 20.1. The largest absolute Gasteiger partial charge is 0.504 e. The van der Waals surface area contributed by atoms with Crippen LogP contribution in [0, 0.1) is 6.92 Å². The highest BCUT2D eigenvalue weighted by Gasteiger charge is 2.26. The molecule has 0 atom stereocenters. The Labute approximate surface area is 180 Å². The van der Waals surface area contributed by atoms with Crippen LogP contribution in [0.4, 0.5) is 0 Å². The molecule has 154 valence electrons. The van der Waals surface area contributed by atoms with Gasteiger partial charge < -0.3 is 20.4 Å². The molecule has 0 amide bonds. The molecule has 0 saturated heterocycles. The SMILES string of the molecule is Cc1c(O)c(O)c(O)c(O)c1C(=C(c1ccccc1)c1ccccc1)c1ccccc1. The highest BCUT2D eigenvalue weighted by atomic mass is 16.3. The van der Waals surface area contributed by atoms with Gasteiger partial charge in [-0.2, -0.15) is 0 Å². The van der Waals surface area contributed by atoms with Crippen molar-refractivity contribution in [1.29, 1.82) is 0 Å². The Morgan fingerprint density at radius 2 is 0.806 bits per heavy atom. The van der Waals surface area contributed by atoms with Gasteiger partial charge in [0.05, 0.1) is 0 Å². The molecular weight excluding hydrogens is 388 g/mol. The molecular formula is C27H22O4. The quantitative estimate of drug-likeness (QED) is 0.194. The second kappa shape index (κ2) is 8.28. The number of aromatic hydroxyl groups is 4. The summed E-state index contributed by atoms with van der Waals surface area (Å²) in [5, 5.41) is 41.7. The number of benzene rings is 4. The van der Waals surface area contributed by atoms with Gasteiger partial charge in [-0.05, 0) is 29.2 Å². The Morgan fingerprint density at radius 1 is 0.452 bits per heavy atom. The Balaban J connectivity index is 2.22. The number of rotatable bonds is 4. The van der Waals surface area contributed by atoms with E-state index in [1.165, 1.54) is 0 Å². The van der Waals surface area contributed by atoms with Crippen LogP contribution in [-0.4, -0.2) is 20.4 Å². The van der Waals surface area contributed by atoms with E-state index in [4.69, 9.17) is 0 Å². The van der Waals surface area contributed by atoms with Crippen molar-refractivity contribution >= 4 is 11.1 Å². The third-order valence-electron chi connectivity index (χ3n) is 5.33. The lowest BCUT2D eigenvalue weighted by atomic mass is 9.83. The molecule has 0 aromatic heterocycles. The Hall–Kier alpha value is -4.18. The lowest BCUT2D eigenvalue weighted by Gasteiger charge is -2.21. The molecule has 4 heteroatoms. The third kappa shape index (κ3) is 3.60. The zero-order valence-electron chi connectivity index (χ0n) is 16.9. The number of phenols is 4. The van der Waals surface area contributed by atoms with Gasteiger partial charge in [0.15, 0.2) is 11.5 Å². The van der Waals surface area contributed by atoms with Gasteiger partial charge >= 0.3 is 0 Å². The molecule has 4 rings (SSSR count). The molecule has 0 aliphatic heterocycles. The van der Waals surface area contributed by atoms with E-state index in [-0.39, 0.29) is 11.1 Å². The van der Waals surface area contributed by atoms with E-state index in [0.29, 0.717) is 5.57 Å². The summed E-state index contributed by atoms with van der Waals surface area (Å²) in [6.45, 7) is 1.60. The zero-order valence-corrected chi connectivity index (χ0v) is 16.9. The average molecular weight is 410 g/mol. The van der Waals surface area contributed by atoms with Gasteiger partial charge in [0.1, 0.15) is 0 Å². The van der Waals surface area contributed by atoms with Gasteiger partial charge in [0.25, 0.3) is 0 Å². The molecule has 0 unspecified atom stereocenters. The maximum Gasteiger partial charge on any atom is 0.204 e. The van der Waals surface area contributed by atoms with E-state index in [1.54, 1.807) is 6.92 Å². The molecule has 4 aromatic rings. The van der Waals surface area contributed by atoms with Crippen LogP contribution in [0.5, 0.6) is 23.0 Å². The number of phenolic OH excluding ortho intramolecular Hbond substituents is 4. The summed E-state index contributed by atoms with van der Waals surface area (Å²) in [7, 11) is 0. The van der Waals surface area contributed by atoms with E-state index in [2.05, 4.69) is 0 Å². The van der Waals surface area contributed by atoms with E-state index in [0.717, 1.165) is 22.3 Å². The monoisotopic (exact) mass is 410 g/mol. The summed E-state index contributed by atoms with van der Waals surface area (Å²) in [6, 6.07) is 28.9. The van der Waals surface area contributed by atoms with Gasteiger partial charge in [-0.25, -0.2) is 0 Å². The predicted molar refractivity (Wildman–Crippen MR) is 122 cm³/mol. The molecule has 0 heterocycles. The standard InChI is InChI=1S/C27H22O4/c1-17-21(25(29)27(31)26(30)24(17)28)23(20-15-9-4-10-16-20)22(18-11-5-2-6-12-18)19-13-7-3-8-14-19/h2-16,28-31H,1H3. The molecule has 0 fully saturated rings. The topological polar surface area (TPSA) is 80.9 Å². The van der Waals surface area contributed by atoms with Gasteiger partial charge in [0.2, 0.25) is 11.5 Å². The number of hydrogen-bond acceptors (Lipinski definition) is 4. The van der Waals surface area contributed by atoms with Crippen LogP contribution < -0.4 is 0 Å². The normalized spacial score (nSPS) is 10.6. The van der Waals surface area contributed by atoms with E-state index in [1.807, 2.05) is 91.0 Å². The third-order valence-corrected chi connectivity index (χ3v) is 5.33. The Bertz CT molecular complexity index is 1170.